The highest BCUT2D eigenvalue weighted by Crippen LogP contribution is 2.30. The van der Waals surface area contributed by atoms with Crippen molar-refractivity contribution < 1.29 is 24.2 Å². The second kappa shape index (κ2) is 8.01. The van der Waals surface area contributed by atoms with Crippen LogP contribution in [0.25, 0.3) is 0 Å². The van der Waals surface area contributed by atoms with E-state index in [0.717, 1.165) is 17.7 Å². The Bertz CT molecular complexity index is 894. The summed E-state index contributed by atoms with van der Waals surface area (Å²) in [6, 6.07) is 11.7. The van der Waals surface area contributed by atoms with Crippen molar-refractivity contribution in [2.45, 2.75) is 20.0 Å². The first-order valence-electron chi connectivity index (χ1n) is 8.55. The molecule has 0 saturated carbocycles. The first-order valence-corrected chi connectivity index (χ1v) is 8.55. The number of fused-ring (bicyclic) bond motifs is 1. The van der Waals surface area contributed by atoms with Gasteiger partial charge in [-0.2, -0.15) is 0 Å². The van der Waals surface area contributed by atoms with Gasteiger partial charge in [0.15, 0.2) is 6.61 Å². The zero-order valence-corrected chi connectivity index (χ0v) is 14.9. The molecule has 0 bridgehead atoms. The third-order valence-electron chi connectivity index (χ3n) is 4.32. The molecule has 140 valence electrons. The summed E-state index contributed by atoms with van der Waals surface area (Å²) < 4.78 is 5.02. The molecule has 7 nitrogen and oxygen atoms in total. The zero-order chi connectivity index (χ0) is 19.4. The molecule has 0 fully saturated rings. The van der Waals surface area contributed by atoms with Crippen LogP contribution < -0.4 is 10.2 Å². The molecule has 1 heterocycles. The minimum absolute atomic E-state index is 0.0114. The Kier molecular flexibility index (Phi) is 5.52. The number of amides is 2. The van der Waals surface area contributed by atoms with E-state index in [0.29, 0.717) is 17.8 Å². The Labute approximate surface area is 156 Å². The van der Waals surface area contributed by atoms with E-state index >= 15 is 0 Å². The SMILES string of the molecule is CC(=O)N1CCc2cc(NC(=O)COC(=O)c3cccc(CO)c3)ccc21. The number of ether oxygens (including phenoxy) is 1. The predicted molar refractivity (Wildman–Crippen MR) is 99.5 cm³/mol. The van der Waals surface area contributed by atoms with Gasteiger partial charge in [0.2, 0.25) is 5.91 Å². The van der Waals surface area contributed by atoms with Gasteiger partial charge >= 0.3 is 5.97 Å². The molecule has 2 amide bonds. The average molecular weight is 368 g/mol. The fourth-order valence-electron chi connectivity index (χ4n) is 3.01. The smallest absolute Gasteiger partial charge is 0.338 e. The van der Waals surface area contributed by atoms with Gasteiger partial charge in [-0.05, 0) is 47.9 Å². The fourth-order valence-corrected chi connectivity index (χ4v) is 3.01. The number of hydrogen-bond donors (Lipinski definition) is 2. The largest absolute Gasteiger partial charge is 0.452 e. The van der Waals surface area contributed by atoms with Gasteiger partial charge in [0, 0.05) is 24.8 Å². The van der Waals surface area contributed by atoms with Crippen molar-refractivity contribution in [3.63, 3.8) is 0 Å². The monoisotopic (exact) mass is 368 g/mol. The molecule has 1 aliphatic rings. The molecule has 0 atom stereocenters. The maximum atomic E-state index is 12.1. The standard InChI is InChI=1S/C20H20N2O5/c1-13(24)22-8-7-15-10-17(5-6-18(15)22)21-19(25)12-27-20(26)16-4-2-3-14(9-16)11-23/h2-6,9-10,23H,7-8,11-12H2,1H3,(H,21,25). The lowest BCUT2D eigenvalue weighted by atomic mass is 10.1. The lowest BCUT2D eigenvalue weighted by Gasteiger charge is -2.15. The van der Waals surface area contributed by atoms with Gasteiger partial charge in [-0.1, -0.05) is 12.1 Å². The van der Waals surface area contributed by atoms with Crippen molar-refractivity contribution >= 4 is 29.2 Å². The van der Waals surface area contributed by atoms with Crippen LogP contribution in [-0.2, 0) is 27.4 Å². The number of esters is 1. The van der Waals surface area contributed by atoms with Gasteiger partial charge in [0.25, 0.3) is 5.91 Å². The summed E-state index contributed by atoms with van der Waals surface area (Å²) in [5.74, 6) is -1.10. The number of carbonyl (C=O) groups excluding carboxylic acids is 3. The van der Waals surface area contributed by atoms with Crippen molar-refractivity contribution in [2.75, 3.05) is 23.4 Å². The number of rotatable bonds is 5. The molecule has 3 rings (SSSR count). The first kappa shape index (κ1) is 18.6. The molecule has 1 aliphatic heterocycles. The van der Waals surface area contributed by atoms with Crippen LogP contribution in [0.5, 0.6) is 0 Å². The summed E-state index contributed by atoms with van der Waals surface area (Å²) in [5.41, 5.74) is 3.29. The van der Waals surface area contributed by atoms with Crippen molar-refractivity contribution in [3.05, 3.63) is 59.2 Å². The molecule has 0 radical (unpaired) electrons. The van der Waals surface area contributed by atoms with Crippen LogP contribution in [0.1, 0.15) is 28.4 Å². The highest BCUT2D eigenvalue weighted by molar-refractivity contribution is 5.97. The molecular formula is C20H20N2O5. The molecule has 0 spiro atoms. The number of nitrogens with one attached hydrogen (secondary N) is 1. The molecule has 27 heavy (non-hydrogen) atoms. The minimum atomic E-state index is -0.633. The van der Waals surface area contributed by atoms with Gasteiger partial charge < -0.3 is 20.1 Å². The van der Waals surface area contributed by atoms with Crippen LogP contribution in [0.4, 0.5) is 11.4 Å². The lowest BCUT2D eigenvalue weighted by Crippen LogP contribution is -2.25. The molecule has 0 saturated heterocycles. The molecular weight excluding hydrogens is 348 g/mol. The Morgan fingerprint density at radius 1 is 1.19 bits per heavy atom. The maximum absolute atomic E-state index is 12.1. The number of aliphatic hydroxyl groups is 1. The minimum Gasteiger partial charge on any atom is -0.452 e. The summed E-state index contributed by atoms with van der Waals surface area (Å²) >= 11 is 0. The molecule has 7 heteroatoms. The normalized spacial score (nSPS) is 12.4. The van der Waals surface area contributed by atoms with Gasteiger partial charge in [0.1, 0.15) is 0 Å². The van der Waals surface area contributed by atoms with Crippen LogP contribution in [0.3, 0.4) is 0 Å². The molecule has 0 aliphatic carbocycles. The zero-order valence-electron chi connectivity index (χ0n) is 14.9. The second-order valence-electron chi connectivity index (χ2n) is 6.25. The predicted octanol–water partition coefficient (Wildman–Crippen LogP) is 1.88. The second-order valence-corrected chi connectivity index (χ2v) is 6.25. The summed E-state index contributed by atoms with van der Waals surface area (Å²) in [5, 5.41) is 11.8. The number of hydrogen-bond acceptors (Lipinski definition) is 5. The molecule has 2 aromatic rings. The van der Waals surface area contributed by atoms with E-state index in [1.54, 1.807) is 35.2 Å². The van der Waals surface area contributed by atoms with E-state index in [2.05, 4.69) is 5.32 Å². The molecule has 2 N–H and O–H groups in total. The quantitative estimate of drug-likeness (QED) is 0.786. The van der Waals surface area contributed by atoms with Crippen LogP contribution in [0.2, 0.25) is 0 Å². The Balaban J connectivity index is 1.57. The molecule has 0 aromatic heterocycles. The van der Waals surface area contributed by atoms with Crippen LogP contribution in [-0.4, -0.2) is 36.0 Å². The number of nitrogens with zero attached hydrogens (tertiary/aromatic N) is 1. The highest BCUT2D eigenvalue weighted by Gasteiger charge is 2.22. The van der Waals surface area contributed by atoms with Gasteiger partial charge in [-0.3, -0.25) is 9.59 Å². The maximum Gasteiger partial charge on any atom is 0.338 e. The number of carbonyl (C=O) groups is 3. The van der Waals surface area contributed by atoms with E-state index in [4.69, 9.17) is 9.84 Å². The summed E-state index contributed by atoms with van der Waals surface area (Å²) in [6.07, 6.45) is 0.731. The summed E-state index contributed by atoms with van der Waals surface area (Å²) in [4.78, 5) is 37.3. The molecule has 0 unspecified atom stereocenters. The van der Waals surface area contributed by atoms with Gasteiger partial charge in [-0.25, -0.2) is 4.79 Å². The Morgan fingerprint density at radius 2 is 2.00 bits per heavy atom. The van der Waals surface area contributed by atoms with Crippen molar-refractivity contribution in [1.82, 2.24) is 0 Å². The number of benzene rings is 2. The summed E-state index contributed by atoms with van der Waals surface area (Å²) in [6.45, 7) is 1.56. The lowest BCUT2D eigenvalue weighted by molar-refractivity contribution is -0.119. The van der Waals surface area contributed by atoms with Gasteiger partial charge in [0.05, 0.1) is 12.2 Å². The average Bonchev–Trinajstić information content (AvgIpc) is 3.09. The topological polar surface area (TPSA) is 95.9 Å². The van der Waals surface area contributed by atoms with E-state index < -0.39 is 18.5 Å². The summed E-state index contributed by atoms with van der Waals surface area (Å²) in [7, 11) is 0. The van der Waals surface area contributed by atoms with E-state index in [1.165, 1.54) is 13.0 Å². The van der Waals surface area contributed by atoms with Crippen LogP contribution in [0.15, 0.2) is 42.5 Å². The fraction of sp³-hybridized carbons (Fsp3) is 0.250. The van der Waals surface area contributed by atoms with Crippen molar-refractivity contribution in [3.8, 4) is 0 Å². The van der Waals surface area contributed by atoms with Crippen molar-refractivity contribution in [2.24, 2.45) is 0 Å². The van der Waals surface area contributed by atoms with Crippen LogP contribution >= 0.6 is 0 Å². The number of aliphatic hydroxyl groups excluding tert-OH is 1. The van der Waals surface area contributed by atoms with Gasteiger partial charge in [-0.15, -0.1) is 0 Å². The third kappa shape index (κ3) is 4.32. The Hall–Kier alpha value is -3.19. The van der Waals surface area contributed by atoms with E-state index in [9.17, 15) is 14.4 Å². The van der Waals surface area contributed by atoms with Crippen molar-refractivity contribution in [1.29, 1.82) is 0 Å². The Morgan fingerprint density at radius 3 is 2.74 bits per heavy atom. The van der Waals surface area contributed by atoms with Crippen LogP contribution in [0, 0.1) is 0 Å². The van der Waals surface area contributed by atoms with E-state index in [-0.39, 0.29) is 18.1 Å². The first-order chi connectivity index (χ1) is 13.0. The third-order valence-corrected chi connectivity index (χ3v) is 4.32. The molecule has 2 aromatic carbocycles. The number of anilines is 2. The highest BCUT2D eigenvalue weighted by atomic mass is 16.5. The van der Waals surface area contributed by atoms with E-state index in [1.807, 2.05) is 6.07 Å².